The summed E-state index contributed by atoms with van der Waals surface area (Å²) in [6.07, 6.45) is 34.2. The molecule has 0 aliphatic heterocycles. The van der Waals surface area contributed by atoms with Crippen LogP contribution in [0.1, 0.15) is 190 Å². The second kappa shape index (κ2) is 30.0. The zero-order valence-electron chi connectivity index (χ0n) is 44.1. The zero-order chi connectivity index (χ0) is 49.5. The number of thiophene rings is 3. The van der Waals surface area contributed by atoms with Crippen molar-refractivity contribution in [3.8, 4) is 64.8 Å². The van der Waals surface area contributed by atoms with E-state index in [2.05, 4.69) is 120 Å². The van der Waals surface area contributed by atoms with Crippen LogP contribution >= 0.6 is 34.0 Å². The summed E-state index contributed by atoms with van der Waals surface area (Å²) in [5.74, 6) is 1.73. The number of hydrogen-bond donors (Lipinski definition) is 0. The molecule has 0 amide bonds. The third kappa shape index (κ3) is 16.6. The highest BCUT2D eigenvalue weighted by Crippen LogP contribution is 2.44. The lowest BCUT2D eigenvalue weighted by atomic mass is 10.0. The van der Waals surface area contributed by atoms with E-state index in [4.69, 9.17) is 24.4 Å². The van der Waals surface area contributed by atoms with Gasteiger partial charge in [-0.1, -0.05) is 180 Å². The van der Waals surface area contributed by atoms with E-state index in [9.17, 15) is 0 Å². The number of benzene rings is 2. The van der Waals surface area contributed by atoms with Gasteiger partial charge in [0.05, 0.1) is 29.5 Å². The summed E-state index contributed by atoms with van der Waals surface area (Å²) in [7, 11) is 0. The minimum Gasteiger partial charge on any atom is -0.494 e. The van der Waals surface area contributed by atoms with Gasteiger partial charge in [0.25, 0.3) is 0 Å². The molecule has 0 spiro atoms. The van der Waals surface area contributed by atoms with Crippen molar-refractivity contribution in [3.63, 3.8) is 0 Å². The molecular weight excluding hydrogens is 927 g/mol. The van der Waals surface area contributed by atoms with Crippen molar-refractivity contribution >= 4 is 45.0 Å². The summed E-state index contributed by atoms with van der Waals surface area (Å²) >= 11 is 5.47. The molecule has 0 unspecified atom stereocenters. The molecule has 2 aromatic carbocycles. The minimum atomic E-state index is 0.706. The Hall–Kier alpha value is -4.37. The molecule has 5 aromatic heterocycles. The average molecular weight is 1010 g/mol. The van der Waals surface area contributed by atoms with Crippen LogP contribution in [0.25, 0.3) is 64.3 Å². The monoisotopic (exact) mass is 1010 g/mol. The number of unbranched alkanes of at least 4 members (excludes halogenated alkanes) is 21. The SMILES string of the molecule is CCCCCCCCCCCCOc1cccc(-c2nc3c(-c4cc(CCCCCC)c(C)s4)cnc(-c4ccc(-c5ccc(C)s5)s4)c3nc2-c2cccc(OCCCCCCCCCCCC)c2)c1. The van der Waals surface area contributed by atoms with Gasteiger partial charge in [0.2, 0.25) is 0 Å². The molecule has 0 saturated heterocycles. The van der Waals surface area contributed by atoms with Crippen molar-refractivity contribution in [2.75, 3.05) is 13.2 Å². The third-order valence-corrected chi connectivity index (χ3v) is 17.3. The second-order valence-electron chi connectivity index (χ2n) is 19.8. The maximum Gasteiger partial charge on any atom is 0.119 e. The first-order chi connectivity index (χ1) is 34.9. The summed E-state index contributed by atoms with van der Waals surface area (Å²) in [5, 5.41) is 0. The molecule has 0 fully saturated rings. The maximum atomic E-state index is 6.50. The van der Waals surface area contributed by atoms with Crippen molar-refractivity contribution in [3.05, 3.63) is 100 Å². The number of nitrogens with zero attached hydrogens (tertiary/aromatic N) is 3. The Labute approximate surface area is 440 Å². The third-order valence-electron chi connectivity index (χ3n) is 13.9. The highest BCUT2D eigenvalue weighted by atomic mass is 32.1. The number of hydrogen-bond acceptors (Lipinski definition) is 8. The first kappa shape index (κ1) is 54.4. The van der Waals surface area contributed by atoms with Gasteiger partial charge in [-0.3, -0.25) is 4.98 Å². The smallest absolute Gasteiger partial charge is 0.119 e. The van der Waals surface area contributed by atoms with Gasteiger partial charge in [-0.05, 0) is 99.7 Å². The van der Waals surface area contributed by atoms with Crippen molar-refractivity contribution in [2.24, 2.45) is 0 Å². The fourth-order valence-corrected chi connectivity index (χ4v) is 12.7. The molecular formula is C63H83N3O2S3. The van der Waals surface area contributed by atoms with Crippen LogP contribution in [0.4, 0.5) is 0 Å². The van der Waals surface area contributed by atoms with Crippen LogP contribution in [0.5, 0.6) is 11.5 Å². The first-order valence-corrected chi connectivity index (χ1v) is 30.3. The number of fused-ring (bicyclic) bond motifs is 1. The lowest BCUT2D eigenvalue weighted by Crippen LogP contribution is -2.01. The minimum absolute atomic E-state index is 0.706. The van der Waals surface area contributed by atoms with E-state index in [1.807, 2.05) is 22.7 Å². The molecule has 5 heterocycles. The van der Waals surface area contributed by atoms with Gasteiger partial charge in [-0.25, -0.2) is 9.97 Å². The van der Waals surface area contributed by atoms with Gasteiger partial charge in [-0.2, -0.15) is 0 Å². The lowest BCUT2D eigenvalue weighted by molar-refractivity contribution is 0.304. The number of aromatic nitrogens is 3. The Morgan fingerprint density at radius 3 is 1.44 bits per heavy atom. The van der Waals surface area contributed by atoms with Crippen LogP contribution in [-0.2, 0) is 6.42 Å². The average Bonchev–Trinajstić information content (AvgIpc) is 4.15. The molecule has 0 N–H and O–H groups in total. The van der Waals surface area contributed by atoms with Crippen molar-refractivity contribution < 1.29 is 9.47 Å². The first-order valence-electron chi connectivity index (χ1n) is 27.9. The number of aryl methyl sites for hydroxylation is 3. The van der Waals surface area contributed by atoms with Crippen LogP contribution in [0.3, 0.4) is 0 Å². The fraction of sp³-hybridized carbons (Fsp3) is 0.508. The number of rotatable bonds is 34. The van der Waals surface area contributed by atoms with Gasteiger partial charge in [0.15, 0.2) is 0 Å². The van der Waals surface area contributed by atoms with Crippen LogP contribution in [0, 0.1) is 13.8 Å². The van der Waals surface area contributed by atoms with Gasteiger partial charge in [-0.15, -0.1) is 34.0 Å². The van der Waals surface area contributed by atoms with Crippen LogP contribution in [0.2, 0.25) is 0 Å². The van der Waals surface area contributed by atoms with Crippen molar-refractivity contribution in [1.82, 2.24) is 15.0 Å². The Kier molecular flexibility index (Phi) is 23.0. The highest BCUT2D eigenvalue weighted by molar-refractivity contribution is 7.23. The van der Waals surface area contributed by atoms with E-state index in [1.54, 1.807) is 11.3 Å². The Balaban J connectivity index is 1.21. The summed E-state index contributed by atoms with van der Waals surface area (Å²) in [6.45, 7) is 12.7. The molecule has 0 bridgehead atoms. The Morgan fingerprint density at radius 1 is 0.423 bits per heavy atom. The topological polar surface area (TPSA) is 57.1 Å². The van der Waals surface area contributed by atoms with Crippen LogP contribution in [0.15, 0.2) is 85.1 Å². The quantitative estimate of drug-likeness (QED) is 0.0376. The molecule has 0 aliphatic carbocycles. The molecule has 0 radical (unpaired) electrons. The van der Waals surface area contributed by atoms with E-state index >= 15 is 0 Å². The van der Waals surface area contributed by atoms with Gasteiger partial charge in [0.1, 0.15) is 28.2 Å². The molecule has 380 valence electrons. The Bertz CT molecular complexity index is 2640. The molecule has 0 aliphatic rings. The summed E-state index contributed by atoms with van der Waals surface area (Å²) in [5.41, 5.74) is 8.63. The largest absolute Gasteiger partial charge is 0.494 e. The van der Waals surface area contributed by atoms with E-state index in [0.29, 0.717) is 13.2 Å². The molecule has 5 nitrogen and oxygen atoms in total. The van der Waals surface area contributed by atoms with Crippen molar-refractivity contribution in [2.45, 2.75) is 195 Å². The molecule has 0 atom stereocenters. The fourth-order valence-electron chi connectivity index (χ4n) is 9.64. The molecule has 8 heteroatoms. The molecule has 7 aromatic rings. The van der Waals surface area contributed by atoms with Crippen LogP contribution < -0.4 is 9.47 Å². The number of ether oxygens (including phenoxy) is 2. The van der Waals surface area contributed by atoms with E-state index < -0.39 is 0 Å². The summed E-state index contributed by atoms with van der Waals surface area (Å²) in [6, 6.07) is 28.3. The maximum absolute atomic E-state index is 6.50. The highest BCUT2D eigenvalue weighted by Gasteiger charge is 2.23. The summed E-state index contributed by atoms with van der Waals surface area (Å²) in [4.78, 5) is 24.3. The normalized spacial score (nSPS) is 11.6. The molecule has 0 saturated carbocycles. The predicted molar refractivity (Wildman–Crippen MR) is 310 cm³/mol. The van der Waals surface area contributed by atoms with E-state index in [1.165, 1.54) is 171 Å². The second-order valence-corrected chi connectivity index (χ2v) is 23.5. The predicted octanol–water partition coefficient (Wildman–Crippen LogP) is 20.9. The van der Waals surface area contributed by atoms with Gasteiger partial charge < -0.3 is 9.47 Å². The molecule has 71 heavy (non-hydrogen) atoms. The van der Waals surface area contributed by atoms with E-state index in [0.717, 1.165) is 80.4 Å². The summed E-state index contributed by atoms with van der Waals surface area (Å²) < 4.78 is 13.0. The standard InChI is InChI=1S/C63H83N3O2S3/c1-6-9-12-15-17-19-21-23-25-28-41-67-52-35-30-33-50(43-52)59-60(51-34-31-36-53(44-51)68-42-29-26-24-22-20-18-16-13-10-7-2)66-63-61(65-59)54(58-45-49(48(5)70-58)32-27-14-11-8-3)46-64-62(63)57-40-39-56(71-57)55-38-37-47(4)69-55/h30-31,33-40,43-46H,6-29,32,41-42H2,1-5H3. The van der Waals surface area contributed by atoms with Crippen LogP contribution in [-0.4, -0.2) is 28.2 Å². The Morgan fingerprint density at radius 2 is 0.901 bits per heavy atom. The zero-order valence-corrected chi connectivity index (χ0v) is 46.5. The van der Waals surface area contributed by atoms with Crippen molar-refractivity contribution in [1.29, 1.82) is 0 Å². The molecule has 7 rings (SSSR count). The van der Waals surface area contributed by atoms with Gasteiger partial charge >= 0.3 is 0 Å². The van der Waals surface area contributed by atoms with Gasteiger partial charge in [0, 0.05) is 47.3 Å². The lowest BCUT2D eigenvalue weighted by Gasteiger charge is -2.16. The number of pyridine rings is 1. The van der Waals surface area contributed by atoms with E-state index in [-0.39, 0.29) is 0 Å².